The second-order valence-corrected chi connectivity index (χ2v) is 9.63. The number of hydrogen-bond donors (Lipinski definition) is 1. The number of aliphatic hydroxyl groups excluding tert-OH is 1. The summed E-state index contributed by atoms with van der Waals surface area (Å²) in [6.45, 7) is 13.7. The van der Waals surface area contributed by atoms with Gasteiger partial charge in [0.25, 0.3) is 0 Å². The summed E-state index contributed by atoms with van der Waals surface area (Å²) < 4.78 is 0.370. The molecule has 0 heterocycles. The smallest absolute Gasteiger partial charge is 0.0795 e. The zero-order chi connectivity index (χ0) is 17.9. The second kappa shape index (κ2) is 8.53. The molecule has 0 amide bonds. The average molecular weight is 442 g/mol. The molecule has 0 bridgehead atoms. The number of hydrogen-bond acceptors (Lipinski definition) is 1. The van der Waals surface area contributed by atoms with E-state index >= 15 is 0 Å². The average Bonchev–Trinajstić information content (AvgIpc) is 2.55. The first-order chi connectivity index (χ1) is 11.3. The molecule has 0 aliphatic heterocycles. The molecule has 4 atom stereocenters. The van der Waals surface area contributed by atoms with Crippen LogP contribution in [0.2, 0.25) is 0 Å². The van der Waals surface area contributed by atoms with Crippen LogP contribution >= 0.6 is 22.6 Å². The van der Waals surface area contributed by atoms with Crippen molar-refractivity contribution < 1.29 is 5.11 Å². The Labute approximate surface area is 162 Å². The van der Waals surface area contributed by atoms with Crippen molar-refractivity contribution in [3.63, 3.8) is 0 Å². The summed E-state index contributed by atoms with van der Waals surface area (Å²) in [6.07, 6.45) is 12.7. The van der Waals surface area contributed by atoms with E-state index in [0.717, 1.165) is 24.3 Å². The van der Waals surface area contributed by atoms with E-state index in [0.29, 0.717) is 15.3 Å². The Bertz CT molecular complexity index is 498. The van der Waals surface area contributed by atoms with Crippen LogP contribution in [0.15, 0.2) is 35.5 Å². The topological polar surface area (TPSA) is 20.2 Å². The number of aliphatic hydroxyl groups is 1. The van der Waals surface area contributed by atoms with Gasteiger partial charge in [-0.2, -0.15) is 0 Å². The number of alkyl halides is 1. The van der Waals surface area contributed by atoms with Crippen LogP contribution in [-0.2, 0) is 0 Å². The van der Waals surface area contributed by atoms with Gasteiger partial charge in [0.2, 0.25) is 0 Å². The Kier molecular flexibility index (Phi) is 7.19. The third-order valence-corrected chi connectivity index (χ3v) is 8.15. The normalized spacial score (nSPS) is 38.3. The first-order valence-corrected chi connectivity index (χ1v) is 11.0. The van der Waals surface area contributed by atoms with Crippen molar-refractivity contribution in [1.29, 1.82) is 0 Å². The van der Waals surface area contributed by atoms with Gasteiger partial charge in [-0.15, -0.1) is 0 Å². The SMILES string of the molecule is C=C1[C@H](O)C/C(=C\C=C2/CCCC(C)(C(CC)CC)C2C)C[C@H]1I. The predicted octanol–water partition coefficient (Wildman–Crippen LogP) is 6.62. The maximum absolute atomic E-state index is 10.2. The number of allylic oxidation sites excluding steroid dienone is 3. The van der Waals surface area contributed by atoms with Crippen molar-refractivity contribution in [2.45, 2.75) is 82.7 Å². The zero-order valence-electron chi connectivity index (χ0n) is 15.9. The molecular formula is C22H35IO. The van der Waals surface area contributed by atoms with Gasteiger partial charge in [-0.3, -0.25) is 0 Å². The Morgan fingerprint density at radius 3 is 2.54 bits per heavy atom. The van der Waals surface area contributed by atoms with Gasteiger partial charge in [-0.1, -0.05) is 93.0 Å². The summed E-state index contributed by atoms with van der Waals surface area (Å²) in [4.78, 5) is 0. The minimum atomic E-state index is -0.357. The fourth-order valence-corrected chi connectivity index (χ4v) is 5.91. The van der Waals surface area contributed by atoms with Crippen LogP contribution in [0.25, 0.3) is 0 Å². The van der Waals surface area contributed by atoms with E-state index in [1.165, 1.54) is 37.7 Å². The molecule has 0 spiro atoms. The molecule has 2 aliphatic rings. The number of rotatable bonds is 4. The highest BCUT2D eigenvalue weighted by Crippen LogP contribution is 2.50. The summed E-state index contributed by atoms with van der Waals surface area (Å²) in [5.74, 6) is 1.48. The molecule has 0 radical (unpaired) electrons. The molecule has 0 aromatic heterocycles. The highest BCUT2D eigenvalue weighted by Gasteiger charge is 2.40. The highest BCUT2D eigenvalue weighted by molar-refractivity contribution is 14.1. The van der Waals surface area contributed by atoms with E-state index in [4.69, 9.17) is 0 Å². The fraction of sp³-hybridized carbons (Fsp3) is 0.727. The van der Waals surface area contributed by atoms with E-state index in [2.05, 4.69) is 69.0 Å². The summed E-state index contributed by atoms with van der Waals surface area (Å²) >= 11 is 2.41. The van der Waals surface area contributed by atoms with Crippen molar-refractivity contribution in [3.05, 3.63) is 35.5 Å². The van der Waals surface area contributed by atoms with Crippen molar-refractivity contribution in [3.8, 4) is 0 Å². The van der Waals surface area contributed by atoms with Gasteiger partial charge in [-0.25, -0.2) is 0 Å². The first kappa shape index (κ1) is 20.2. The molecule has 0 aromatic rings. The van der Waals surface area contributed by atoms with Crippen LogP contribution in [0.1, 0.15) is 72.6 Å². The standard InChI is InChI=1S/C22H35IO/c1-6-19(7-2)22(5)12-8-9-18(16(22)4)11-10-17-13-20(23)15(3)21(24)14-17/h10-11,16,19-21,24H,3,6-9,12-14H2,1-2,4-5H3/b17-10-,18-11+/t16?,20-,21-,22?/m1/s1. The predicted molar refractivity (Wildman–Crippen MR) is 114 cm³/mol. The molecule has 2 rings (SSSR count). The van der Waals surface area contributed by atoms with Gasteiger partial charge in [0, 0.05) is 3.92 Å². The largest absolute Gasteiger partial charge is 0.388 e. The quantitative estimate of drug-likeness (QED) is 0.295. The van der Waals surface area contributed by atoms with E-state index in [1.54, 1.807) is 5.57 Å². The molecule has 1 nitrogen and oxygen atoms in total. The lowest BCUT2D eigenvalue weighted by atomic mass is 9.58. The fourth-order valence-electron chi connectivity index (χ4n) is 4.93. The Morgan fingerprint density at radius 2 is 1.96 bits per heavy atom. The Morgan fingerprint density at radius 1 is 1.29 bits per heavy atom. The minimum absolute atomic E-state index is 0.357. The van der Waals surface area contributed by atoms with Crippen LogP contribution in [0.5, 0.6) is 0 Å². The van der Waals surface area contributed by atoms with Gasteiger partial charge >= 0.3 is 0 Å². The van der Waals surface area contributed by atoms with Crippen molar-refractivity contribution in [2.75, 3.05) is 0 Å². The molecule has 2 aliphatic carbocycles. The van der Waals surface area contributed by atoms with Crippen molar-refractivity contribution in [1.82, 2.24) is 0 Å². The molecular weight excluding hydrogens is 407 g/mol. The van der Waals surface area contributed by atoms with E-state index in [-0.39, 0.29) is 6.10 Å². The first-order valence-electron chi connectivity index (χ1n) is 9.72. The summed E-state index contributed by atoms with van der Waals surface area (Å²) in [6, 6.07) is 0. The molecule has 136 valence electrons. The van der Waals surface area contributed by atoms with Crippen LogP contribution in [-0.4, -0.2) is 15.1 Å². The van der Waals surface area contributed by atoms with Gasteiger partial charge in [0.15, 0.2) is 0 Å². The molecule has 2 saturated carbocycles. The van der Waals surface area contributed by atoms with Crippen LogP contribution in [0, 0.1) is 17.3 Å². The maximum atomic E-state index is 10.2. The lowest BCUT2D eigenvalue weighted by Gasteiger charge is -2.47. The molecule has 2 unspecified atom stereocenters. The molecule has 2 heteroatoms. The third kappa shape index (κ3) is 4.17. The third-order valence-electron chi connectivity index (χ3n) is 6.90. The molecule has 1 N–H and O–H groups in total. The monoisotopic (exact) mass is 442 g/mol. The zero-order valence-corrected chi connectivity index (χ0v) is 18.1. The van der Waals surface area contributed by atoms with Crippen LogP contribution in [0.3, 0.4) is 0 Å². The van der Waals surface area contributed by atoms with Gasteiger partial charge in [0.1, 0.15) is 0 Å². The summed E-state index contributed by atoms with van der Waals surface area (Å²) in [5, 5.41) is 10.2. The lowest BCUT2D eigenvalue weighted by Crippen LogP contribution is -2.37. The number of halogens is 1. The van der Waals surface area contributed by atoms with Gasteiger partial charge in [0.05, 0.1) is 6.10 Å². The van der Waals surface area contributed by atoms with Gasteiger partial charge in [-0.05, 0) is 54.9 Å². The summed E-state index contributed by atoms with van der Waals surface area (Å²) in [7, 11) is 0. The van der Waals surface area contributed by atoms with E-state index in [1.807, 2.05) is 0 Å². The highest BCUT2D eigenvalue weighted by atomic mass is 127. The molecule has 2 fully saturated rings. The maximum Gasteiger partial charge on any atom is 0.0795 e. The molecule has 24 heavy (non-hydrogen) atoms. The Balaban J connectivity index is 2.17. The van der Waals surface area contributed by atoms with Crippen LogP contribution < -0.4 is 0 Å². The van der Waals surface area contributed by atoms with E-state index in [9.17, 15) is 5.11 Å². The van der Waals surface area contributed by atoms with Crippen molar-refractivity contribution >= 4 is 22.6 Å². The summed E-state index contributed by atoms with van der Waals surface area (Å²) in [5.41, 5.74) is 4.43. The molecule has 0 aromatic carbocycles. The van der Waals surface area contributed by atoms with Crippen molar-refractivity contribution in [2.24, 2.45) is 17.3 Å². The lowest BCUT2D eigenvalue weighted by molar-refractivity contribution is 0.0803. The van der Waals surface area contributed by atoms with E-state index < -0.39 is 0 Å². The van der Waals surface area contributed by atoms with Crippen LogP contribution in [0.4, 0.5) is 0 Å². The Hall–Kier alpha value is -0.0900. The van der Waals surface area contributed by atoms with Gasteiger partial charge < -0.3 is 5.11 Å². The molecule has 0 saturated heterocycles. The minimum Gasteiger partial charge on any atom is -0.388 e. The second-order valence-electron chi connectivity index (χ2n) is 8.13.